The van der Waals surface area contributed by atoms with E-state index in [1.165, 1.54) is 7.05 Å². The van der Waals surface area contributed by atoms with Gasteiger partial charge in [0.15, 0.2) is 5.03 Å². The quantitative estimate of drug-likeness (QED) is 0.392. The van der Waals surface area contributed by atoms with E-state index in [-0.39, 0.29) is 6.04 Å². The molecule has 0 fully saturated rings. The Morgan fingerprint density at radius 3 is 2.00 bits per heavy atom. The minimum absolute atomic E-state index is 0.0231. The number of nitro groups is 1. The van der Waals surface area contributed by atoms with Gasteiger partial charge in [-0.1, -0.05) is 0 Å². The van der Waals surface area contributed by atoms with Crippen LogP contribution in [0.25, 0.3) is 0 Å². The van der Waals surface area contributed by atoms with Gasteiger partial charge in [-0.05, 0) is 13.8 Å². The lowest BCUT2D eigenvalue weighted by Crippen LogP contribution is -2.31. The summed E-state index contributed by atoms with van der Waals surface area (Å²) in [7, 11) is 1.45. The second-order valence-corrected chi connectivity index (χ2v) is 1.91. The van der Waals surface area contributed by atoms with E-state index < -0.39 is 5.03 Å². The zero-order valence-electron chi connectivity index (χ0n) is 5.29. The van der Waals surface area contributed by atoms with Gasteiger partial charge in [0.1, 0.15) is 0 Å². The summed E-state index contributed by atoms with van der Waals surface area (Å²) in [5.41, 5.74) is 0. The highest BCUT2D eigenvalue weighted by Gasteiger charge is 2.09. The molecule has 0 N–H and O–H groups in total. The fourth-order valence-corrected chi connectivity index (χ4v) is 0.189. The Morgan fingerprint density at radius 2 is 2.00 bits per heavy atom. The molecule has 0 radical (unpaired) electrons. The van der Waals surface area contributed by atoms with Crippen LogP contribution in [0.5, 0.6) is 0 Å². The summed E-state index contributed by atoms with van der Waals surface area (Å²) < 4.78 is 0. The largest absolute Gasteiger partial charge is 0.235 e. The first-order valence-corrected chi connectivity index (χ1v) is 2.43. The summed E-state index contributed by atoms with van der Waals surface area (Å²) in [4.78, 5) is 9.87. The molecule has 0 aromatic rings. The Bertz CT molecular complexity index is 92.0. The van der Waals surface area contributed by atoms with Gasteiger partial charge in [0, 0.05) is 0 Å². The fraction of sp³-hybridized carbons (Fsp3) is 1.00. The van der Waals surface area contributed by atoms with Gasteiger partial charge in [0.25, 0.3) is 0 Å². The highest BCUT2D eigenvalue weighted by Crippen LogP contribution is 1.90. The van der Waals surface area contributed by atoms with E-state index in [2.05, 4.69) is 0 Å². The van der Waals surface area contributed by atoms with Crippen LogP contribution >= 0.6 is 0 Å². The third-order valence-corrected chi connectivity index (χ3v) is 1.00. The molecule has 0 aliphatic carbocycles. The molecule has 0 unspecified atom stereocenters. The van der Waals surface area contributed by atoms with Crippen molar-refractivity contribution in [2.75, 3.05) is 7.05 Å². The molecule has 48 valence electrons. The van der Waals surface area contributed by atoms with Gasteiger partial charge >= 0.3 is 0 Å². The minimum Gasteiger partial charge on any atom is -0.235 e. The van der Waals surface area contributed by atoms with Crippen LogP contribution in [-0.2, 0) is 0 Å². The number of hydrogen-bond acceptors (Lipinski definition) is 2. The van der Waals surface area contributed by atoms with Crippen LogP contribution in [0.1, 0.15) is 13.8 Å². The van der Waals surface area contributed by atoms with E-state index in [0.29, 0.717) is 0 Å². The molecule has 0 bridgehead atoms. The van der Waals surface area contributed by atoms with E-state index in [1.807, 2.05) is 0 Å². The molecule has 4 heteroatoms. The van der Waals surface area contributed by atoms with Crippen LogP contribution in [0.15, 0.2) is 0 Å². The number of nitrogens with zero attached hydrogens (tertiary/aromatic N) is 2. The maximum atomic E-state index is 9.87. The second kappa shape index (κ2) is 2.49. The first kappa shape index (κ1) is 7.20. The summed E-state index contributed by atoms with van der Waals surface area (Å²) in [6, 6.07) is -0.0231. The van der Waals surface area contributed by atoms with E-state index in [1.54, 1.807) is 13.8 Å². The lowest BCUT2D eigenvalue weighted by Gasteiger charge is -2.10. The van der Waals surface area contributed by atoms with Crippen molar-refractivity contribution in [2.45, 2.75) is 19.9 Å². The number of hydrogen-bond donors (Lipinski definition) is 0. The zero-order valence-corrected chi connectivity index (χ0v) is 5.29. The molecular formula is C4H10N2O2. The Balaban J connectivity index is 3.64. The lowest BCUT2D eigenvalue weighted by molar-refractivity contribution is -0.656. The third kappa shape index (κ3) is 1.77. The minimum atomic E-state index is -0.426. The second-order valence-electron chi connectivity index (χ2n) is 1.91. The van der Waals surface area contributed by atoms with Crippen molar-refractivity contribution in [2.24, 2.45) is 0 Å². The summed E-state index contributed by atoms with van der Waals surface area (Å²) in [5, 5.41) is 10.5. The van der Waals surface area contributed by atoms with Gasteiger partial charge in [-0.3, -0.25) is 0 Å². The molecule has 4 nitrogen and oxygen atoms in total. The summed E-state index contributed by atoms with van der Waals surface area (Å²) in [5.74, 6) is 0. The average molecular weight is 118 g/mol. The third-order valence-electron chi connectivity index (χ3n) is 1.00. The van der Waals surface area contributed by atoms with E-state index in [9.17, 15) is 10.1 Å². The highest BCUT2D eigenvalue weighted by atomic mass is 16.7. The van der Waals surface area contributed by atoms with Gasteiger partial charge in [-0.2, -0.15) is 0 Å². The monoisotopic (exact) mass is 118 g/mol. The average Bonchev–Trinajstić information content (AvgIpc) is 1.64. The molecule has 0 aliphatic heterocycles. The predicted octanol–water partition coefficient (Wildman–Crippen LogP) is 0.518. The number of hydrazine groups is 1. The molecule has 0 atom stereocenters. The topological polar surface area (TPSA) is 46.4 Å². The molecule has 0 aliphatic rings. The van der Waals surface area contributed by atoms with Crippen molar-refractivity contribution in [1.82, 2.24) is 5.01 Å². The first-order chi connectivity index (χ1) is 3.55. The van der Waals surface area contributed by atoms with Crippen molar-refractivity contribution in [3.63, 3.8) is 0 Å². The molecular weight excluding hydrogens is 108 g/mol. The van der Waals surface area contributed by atoms with E-state index in [0.717, 1.165) is 5.01 Å². The standard InChI is InChI=1S/C4H10N2O2/c1-4(2)5(3)6(7)8/h4H,1-3H3. The van der Waals surface area contributed by atoms with E-state index in [4.69, 9.17) is 0 Å². The highest BCUT2D eigenvalue weighted by molar-refractivity contribution is 4.41. The molecule has 0 aromatic carbocycles. The normalized spacial score (nSPS) is 9.50. The van der Waals surface area contributed by atoms with Crippen LogP contribution in [0, 0.1) is 10.1 Å². The Labute approximate surface area is 48.2 Å². The molecule has 0 saturated heterocycles. The van der Waals surface area contributed by atoms with Gasteiger partial charge in [-0.15, -0.1) is 5.01 Å². The SMILES string of the molecule is CC(C)N(C)[N+](=O)[O-]. The fourth-order valence-electron chi connectivity index (χ4n) is 0.189. The maximum absolute atomic E-state index is 9.87. The maximum Gasteiger partial charge on any atom is 0.160 e. The van der Waals surface area contributed by atoms with Crippen molar-refractivity contribution in [3.05, 3.63) is 10.1 Å². The first-order valence-electron chi connectivity index (χ1n) is 2.43. The predicted molar refractivity (Wildman–Crippen MR) is 29.9 cm³/mol. The van der Waals surface area contributed by atoms with Crippen LogP contribution in [0.2, 0.25) is 0 Å². The van der Waals surface area contributed by atoms with Gasteiger partial charge in [0.2, 0.25) is 0 Å². The van der Waals surface area contributed by atoms with Crippen molar-refractivity contribution < 1.29 is 5.03 Å². The molecule has 0 saturated carbocycles. The smallest absolute Gasteiger partial charge is 0.160 e. The molecule has 0 aromatic heterocycles. The van der Waals surface area contributed by atoms with Crippen LogP contribution in [0.4, 0.5) is 0 Å². The van der Waals surface area contributed by atoms with Crippen molar-refractivity contribution in [1.29, 1.82) is 0 Å². The Kier molecular flexibility index (Phi) is 2.24. The number of rotatable bonds is 2. The Hall–Kier alpha value is -0.800. The zero-order chi connectivity index (χ0) is 6.73. The molecule has 0 spiro atoms. The summed E-state index contributed by atoms with van der Waals surface area (Å²) >= 11 is 0. The summed E-state index contributed by atoms with van der Waals surface area (Å²) in [6.45, 7) is 3.53. The molecule has 0 amide bonds. The summed E-state index contributed by atoms with van der Waals surface area (Å²) in [6.07, 6.45) is 0. The van der Waals surface area contributed by atoms with E-state index >= 15 is 0 Å². The molecule has 8 heavy (non-hydrogen) atoms. The van der Waals surface area contributed by atoms with Crippen molar-refractivity contribution in [3.8, 4) is 0 Å². The van der Waals surface area contributed by atoms with Gasteiger partial charge in [-0.25, -0.2) is 10.1 Å². The van der Waals surface area contributed by atoms with Crippen LogP contribution in [-0.4, -0.2) is 23.1 Å². The lowest BCUT2D eigenvalue weighted by atomic mass is 10.4. The van der Waals surface area contributed by atoms with Crippen molar-refractivity contribution >= 4 is 0 Å². The Morgan fingerprint density at radius 1 is 1.62 bits per heavy atom. The van der Waals surface area contributed by atoms with Gasteiger partial charge < -0.3 is 0 Å². The van der Waals surface area contributed by atoms with Crippen LogP contribution < -0.4 is 0 Å². The molecule has 0 rings (SSSR count). The molecule has 0 heterocycles. The van der Waals surface area contributed by atoms with Crippen LogP contribution in [0.3, 0.4) is 0 Å². The van der Waals surface area contributed by atoms with Gasteiger partial charge in [0.05, 0.1) is 13.1 Å².